The number of carbonyl (C=O) groups excluding carboxylic acids is 2. The molecule has 1 saturated heterocycles. The molecule has 1 aromatic carbocycles. The molecule has 1 amide bonds. The minimum Gasteiger partial charge on any atom is -0.384 e. The van der Waals surface area contributed by atoms with E-state index in [0.29, 0.717) is 42.0 Å². The van der Waals surface area contributed by atoms with Gasteiger partial charge in [0.15, 0.2) is 5.78 Å². The number of nitrogens with zero attached hydrogens (tertiary/aromatic N) is 1. The van der Waals surface area contributed by atoms with Crippen LogP contribution in [-0.4, -0.2) is 50.7 Å². The van der Waals surface area contributed by atoms with E-state index >= 15 is 0 Å². The Morgan fingerprint density at radius 3 is 2.59 bits per heavy atom. The van der Waals surface area contributed by atoms with Crippen molar-refractivity contribution in [3.63, 3.8) is 0 Å². The lowest BCUT2D eigenvalue weighted by atomic mass is 9.93. The summed E-state index contributed by atoms with van der Waals surface area (Å²) < 4.78 is 10.9. The number of aromatic nitrogens is 1. The molecule has 1 aromatic heterocycles. The number of rotatable bonds is 8. The third-order valence-electron chi connectivity index (χ3n) is 6.07. The van der Waals surface area contributed by atoms with Gasteiger partial charge in [-0.1, -0.05) is 30.3 Å². The first-order chi connectivity index (χ1) is 14.1. The van der Waals surface area contributed by atoms with Crippen molar-refractivity contribution in [2.45, 2.75) is 12.3 Å². The Morgan fingerprint density at radius 1 is 1.21 bits per heavy atom. The largest absolute Gasteiger partial charge is 0.384 e. The standard InChI is InChI=1S/C23H26N2O4/c1-24-23(27)21-9-15(22(26)10-16-18-12-29-13-19(16)18)8-20(25-21)17(11-28-2)14-6-4-3-5-7-14/h3-9,16-19H,10-13H2,1-2H3,(H,24,27)/t16?,17-,18-,19+/m0/s1. The quantitative estimate of drug-likeness (QED) is 0.697. The summed E-state index contributed by atoms with van der Waals surface area (Å²) in [5.41, 5.74) is 2.49. The van der Waals surface area contributed by atoms with Gasteiger partial charge in [-0.2, -0.15) is 0 Å². The molecule has 6 heteroatoms. The minimum atomic E-state index is -0.304. The zero-order valence-electron chi connectivity index (χ0n) is 16.8. The summed E-state index contributed by atoms with van der Waals surface area (Å²) in [5, 5.41) is 2.61. The Hall–Kier alpha value is -2.57. The van der Waals surface area contributed by atoms with Gasteiger partial charge >= 0.3 is 0 Å². The Kier molecular flexibility index (Phi) is 5.74. The average molecular weight is 394 g/mol. The van der Waals surface area contributed by atoms with Crippen LogP contribution in [0.15, 0.2) is 42.5 Å². The fourth-order valence-corrected chi connectivity index (χ4v) is 4.33. The summed E-state index contributed by atoms with van der Waals surface area (Å²) in [6, 6.07) is 13.3. The molecule has 152 valence electrons. The number of amides is 1. The molecule has 4 rings (SSSR count). The summed E-state index contributed by atoms with van der Waals surface area (Å²) in [6.07, 6.45) is 0.496. The Balaban J connectivity index is 1.66. The summed E-state index contributed by atoms with van der Waals surface area (Å²) >= 11 is 0. The van der Waals surface area contributed by atoms with Gasteiger partial charge in [-0.15, -0.1) is 0 Å². The van der Waals surface area contributed by atoms with Gasteiger partial charge in [-0.25, -0.2) is 4.98 Å². The summed E-state index contributed by atoms with van der Waals surface area (Å²) in [5.74, 6) is 1.03. The zero-order chi connectivity index (χ0) is 20.4. The van der Waals surface area contributed by atoms with Crippen LogP contribution in [0.25, 0.3) is 0 Å². The van der Waals surface area contributed by atoms with Crippen LogP contribution in [0.1, 0.15) is 44.4 Å². The van der Waals surface area contributed by atoms with E-state index < -0.39 is 0 Å². The fraction of sp³-hybridized carbons (Fsp3) is 0.435. The Labute approximate surface area is 170 Å². The number of hydrogen-bond acceptors (Lipinski definition) is 5. The maximum absolute atomic E-state index is 13.0. The molecular formula is C23H26N2O4. The van der Waals surface area contributed by atoms with Crippen LogP contribution in [0.2, 0.25) is 0 Å². The monoisotopic (exact) mass is 394 g/mol. The van der Waals surface area contributed by atoms with Crippen LogP contribution < -0.4 is 5.32 Å². The van der Waals surface area contributed by atoms with Crippen LogP contribution in [-0.2, 0) is 9.47 Å². The van der Waals surface area contributed by atoms with Gasteiger partial charge in [0, 0.05) is 32.1 Å². The smallest absolute Gasteiger partial charge is 0.269 e. The first-order valence-electron chi connectivity index (χ1n) is 10.0. The molecule has 2 aliphatic rings. The maximum atomic E-state index is 13.0. The van der Waals surface area contributed by atoms with E-state index in [1.165, 1.54) is 0 Å². The minimum absolute atomic E-state index is 0.0578. The van der Waals surface area contributed by atoms with E-state index in [4.69, 9.17) is 9.47 Å². The van der Waals surface area contributed by atoms with Crippen LogP contribution in [0.4, 0.5) is 0 Å². The number of hydrogen-bond donors (Lipinski definition) is 1. The van der Waals surface area contributed by atoms with Crippen molar-refractivity contribution in [1.29, 1.82) is 0 Å². The summed E-state index contributed by atoms with van der Waals surface area (Å²) in [4.78, 5) is 29.9. The van der Waals surface area contributed by atoms with Gasteiger partial charge < -0.3 is 14.8 Å². The molecule has 1 aliphatic carbocycles. The lowest BCUT2D eigenvalue weighted by Crippen LogP contribution is -2.22. The van der Waals surface area contributed by atoms with Gasteiger partial charge in [-0.05, 0) is 35.4 Å². The first kappa shape index (κ1) is 19.7. The molecule has 0 radical (unpaired) electrons. The highest BCUT2D eigenvalue weighted by molar-refractivity contribution is 6.00. The third-order valence-corrected chi connectivity index (χ3v) is 6.07. The van der Waals surface area contributed by atoms with E-state index in [2.05, 4.69) is 10.3 Å². The second-order valence-electron chi connectivity index (χ2n) is 7.82. The van der Waals surface area contributed by atoms with Crippen LogP contribution in [0, 0.1) is 17.8 Å². The fourth-order valence-electron chi connectivity index (χ4n) is 4.33. The lowest BCUT2D eigenvalue weighted by Gasteiger charge is -2.18. The van der Waals surface area contributed by atoms with Crippen molar-refractivity contribution >= 4 is 11.7 Å². The van der Waals surface area contributed by atoms with Gasteiger partial charge in [0.25, 0.3) is 5.91 Å². The second-order valence-corrected chi connectivity index (χ2v) is 7.82. The molecule has 1 N–H and O–H groups in total. The highest BCUT2D eigenvalue weighted by atomic mass is 16.5. The van der Waals surface area contributed by atoms with Crippen molar-refractivity contribution in [2.24, 2.45) is 17.8 Å². The van der Waals surface area contributed by atoms with Crippen molar-refractivity contribution in [3.8, 4) is 0 Å². The average Bonchev–Trinajstić information content (AvgIpc) is 3.17. The number of fused-ring (bicyclic) bond motifs is 1. The Bertz CT molecular complexity index is 889. The highest BCUT2D eigenvalue weighted by Gasteiger charge is 2.54. The van der Waals surface area contributed by atoms with E-state index in [1.807, 2.05) is 36.4 Å². The number of carbonyl (C=O) groups is 2. The molecule has 1 aliphatic heterocycles. The van der Waals surface area contributed by atoms with Crippen molar-refractivity contribution in [2.75, 3.05) is 34.0 Å². The number of ether oxygens (including phenoxy) is 2. The molecular weight excluding hydrogens is 368 g/mol. The van der Waals surface area contributed by atoms with Gasteiger partial charge in [0.2, 0.25) is 0 Å². The number of methoxy groups -OCH3 is 1. The summed E-state index contributed by atoms with van der Waals surface area (Å²) in [7, 11) is 3.20. The molecule has 4 atom stereocenters. The van der Waals surface area contributed by atoms with Crippen LogP contribution in [0.5, 0.6) is 0 Å². The van der Waals surface area contributed by atoms with Crippen molar-refractivity contribution < 1.29 is 19.1 Å². The number of Topliss-reactive ketones (excluding diaryl/α,β-unsaturated/α-hetero) is 1. The third kappa shape index (κ3) is 4.09. The predicted molar refractivity (Wildman–Crippen MR) is 108 cm³/mol. The molecule has 2 fully saturated rings. The molecule has 2 aromatic rings. The number of pyridine rings is 1. The molecule has 0 spiro atoms. The first-order valence-corrected chi connectivity index (χ1v) is 10.0. The number of benzene rings is 1. The van der Waals surface area contributed by atoms with Crippen LogP contribution in [0.3, 0.4) is 0 Å². The van der Waals surface area contributed by atoms with Crippen LogP contribution >= 0.6 is 0 Å². The van der Waals surface area contributed by atoms with Gasteiger partial charge in [-0.3, -0.25) is 9.59 Å². The topological polar surface area (TPSA) is 77.5 Å². The Morgan fingerprint density at radius 2 is 1.93 bits per heavy atom. The zero-order valence-corrected chi connectivity index (χ0v) is 16.8. The van der Waals surface area contributed by atoms with Gasteiger partial charge in [0.1, 0.15) is 5.69 Å². The molecule has 1 unspecified atom stereocenters. The SMILES string of the molecule is CNC(=O)c1cc(C(=O)CC2[C@H]3COC[C@@H]23)cc([C@@H](COC)c2ccccc2)n1. The van der Waals surface area contributed by atoms with E-state index in [9.17, 15) is 9.59 Å². The molecule has 1 saturated carbocycles. The molecule has 2 heterocycles. The second kappa shape index (κ2) is 8.43. The van der Waals surface area contributed by atoms with Gasteiger partial charge in [0.05, 0.1) is 25.5 Å². The predicted octanol–water partition coefficient (Wildman–Crippen LogP) is 2.68. The molecule has 29 heavy (non-hydrogen) atoms. The lowest BCUT2D eigenvalue weighted by molar-refractivity contribution is 0.0950. The normalized spacial score (nSPS) is 23.3. The summed E-state index contributed by atoms with van der Waals surface area (Å²) in [6.45, 7) is 1.93. The van der Waals surface area contributed by atoms with Crippen molar-refractivity contribution in [3.05, 3.63) is 65.0 Å². The number of ketones is 1. The van der Waals surface area contributed by atoms with E-state index in [-0.39, 0.29) is 23.3 Å². The molecule has 0 bridgehead atoms. The van der Waals surface area contributed by atoms with E-state index in [0.717, 1.165) is 18.8 Å². The molecule has 6 nitrogen and oxygen atoms in total. The maximum Gasteiger partial charge on any atom is 0.269 e. The van der Waals surface area contributed by atoms with Crippen molar-refractivity contribution in [1.82, 2.24) is 10.3 Å². The number of nitrogens with one attached hydrogen (secondary N) is 1. The highest BCUT2D eigenvalue weighted by Crippen LogP contribution is 2.53. The van der Waals surface area contributed by atoms with E-state index in [1.54, 1.807) is 20.2 Å².